The van der Waals surface area contributed by atoms with E-state index in [4.69, 9.17) is 4.74 Å². The van der Waals surface area contributed by atoms with Crippen LogP contribution in [0.25, 0.3) is 0 Å². The van der Waals surface area contributed by atoms with Crippen molar-refractivity contribution in [2.75, 3.05) is 19.5 Å². The number of hydrogen-bond donors (Lipinski definition) is 1. The summed E-state index contributed by atoms with van der Waals surface area (Å²) >= 11 is 0. The predicted octanol–water partition coefficient (Wildman–Crippen LogP) is 2.42. The van der Waals surface area contributed by atoms with E-state index in [-0.39, 0.29) is 17.1 Å². The lowest BCUT2D eigenvalue weighted by atomic mass is 9.99. The highest BCUT2D eigenvalue weighted by Crippen LogP contribution is 2.49. The van der Waals surface area contributed by atoms with E-state index in [1.54, 1.807) is 7.05 Å². The fraction of sp³-hybridized carbons (Fsp3) is 0.500. The number of carbonyl (C=O) groups excluding carboxylic acids is 2. The monoisotopic (exact) mass is 308 g/mol. The maximum atomic E-state index is 13.3. The first kappa shape index (κ1) is 16.3. The largest absolute Gasteiger partial charge is 0.495 e. The molecule has 1 aromatic carbocycles. The average Bonchev–Trinajstić information content (AvgIpc) is 3.24. The van der Waals surface area contributed by atoms with Crippen LogP contribution in [-0.4, -0.2) is 36.9 Å². The first-order valence-corrected chi connectivity index (χ1v) is 7.20. The lowest BCUT2D eigenvalue weighted by Crippen LogP contribution is -2.45. The minimum Gasteiger partial charge on any atom is -0.495 e. The summed E-state index contributed by atoms with van der Waals surface area (Å²) in [5.74, 6) is -1.67. The number of halogens is 1. The molecule has 0 aliphatic heterocycles. The van der Waals surface area contributed by atoms with Gasteiger partial charge < -0.3 is 15.0 Å². The molecule has 2 rings (SSSR count). The average molecular weight is 308 g/mol. The highest BCUT2D eigenvalue weighted by molar-refractivity contribution is 6.39. The van der Waals surface area contributed by atoms with Crippen LogP contribution in [0, 0.1) is 11.2 Å². The number of ether oxygens (including phenoxy) is 1. The summed E-state index contributed by atoms with van der Waals surface area (Å²) in [5.41, 5.74) is 0.223. The van der Waals surface area contributed by atoms with E-state index in [2.05, 4.69) is 12.2 Å². The summed E-state index contributed by atoms with van der Waals surface area (Å²) < 4.78 is 18.3. The van der Waals surface area contributed by atoms with Gasteiger partial charge in [-0.25, -0.2) is 4.39 Å². The third-order valence-corrected chi connectivity index (χ3v) is 4.55. The molecule has 0 heterocycles. The first-order chi connectivity index (χ1) is 10.3. The number of likely N-dealkylation sites (N-methyl/N-ethyl adjacent to an activating group) is 1. The van der Waals surface area contributed by atoms with E-state index in [1.165, 1.54) is 24.1 Å². The summed E-state index contributed by atoms with van der Waals surface area (Å²) in [6.07, 6.45) is 2.09. The van der Waals surface area contributed by atoms with Gasteiger partial charge in [0.05, 0.1) is 12.8 Å². The van der Waals surface area contributed by atoms with Gasteiger partial charge in [0.25, 0.3) is 0 Å². The Bertz CT molecular complexity index is 599. The minimum atomic E-state index is -0.803. The molecule has 1 atom stereocenters. The Hall–Kier alpha value is -2.11. The molecule has 0 aromatic heterocycles. The fourth-order valence-electron chi connectivity index (χ4n) is 2.37. The number of hydrogen-bond acceptors (Lipinski definition) is 3. The van der Waals surface area contributed by atoms with Crippen molar-refractivity contribution in [2.24, 2.45) is 5.41 Å². The SMILES string of the molecule is COc1ccc(F)cc1NC(=O)C(=O)N(C)[C@H](C)C1(C)CC1. The number of nitrogens with zero attached hydrogens (tertiary/aromatic N) is 1. The molecule has 1 aliphatic rings. The van der Waals surface area contributed by atoms with E-state index in [0.29, 0.717) is 5.75 Å². The standard InChI is InChI=1S/C16H21FN2O3/c1-10(16(2)7-8-16)19(3)15(21)14(20)18-12-9-11(17)5-6-13(12)22-4/h5-6,9-10H,7-8H2,1-4H3,(H,18,20)/t10-/m1/s1. The van der Waals surface area contributed by atoms with Gasteiger partial charge in [-0.1, -0.05) is 6.92 Å². The van der Waals surface area contributed by atoms with Crippen molar-refractivity contribution < 1.29 is 18.7 Å². The fourth-order valence-corrected chi connectivity index (χ4v) is 2.37. The highest BCUT2D eigenvalue weighted by Gasteiger charge is 2.45. The summed E-state index contributed by atoms with van der Waals surface area (Å²) in [5, 5.41) is 2.41. The van der Waals surface area contributed by atoms with Crippen molar-refractivity contribution >= 4 is 17.5 Å². The molecule has 0 bridgehead atoms. The smallest absolute Gasteiger partial charge is 0.314 e. The van der Waals surface area contributed by atoms with E-state index < -0.39 is 17.6 Å². The highest BCUT2D eigenvalue weighted by atomic mass is 19.1. The summed E-state index contributed by atoms with van der Waals surface area (Å²) in [4.78, 5) is 25.8. The predicted molar refractivity (Wildman–Crippen MR) is 81.2 cm³/mol. The molecule has 6 heteroatoms. The van der Waals surface area contributed by atoms with Gasteiger partial charge in [0.15, 0.2) is 0 Å². The molecular weight excluding hydrogens is 287 g/mol. The molecule has 0 spiro atoms. The number of rotatable bonds is 4. The summed E-state index contributed by atoms with van der Waals surface area (Å²) in [6.45, 7) is 4.02. The number of anilines is 1. The number of nitrogens with one attached hydrogen (secondary N) is 1. The molecule has 1 N–H and O–H groups in total. The molecule has 120 valence electrons. The van der Waals surface area contributed by atoms with Gasteiger partial charge in [-0.3, -0.25) is 9.59 Å². The van der Waals surface area contributed by atoms with Gasteiger partial charge >= 0.3 is 11.8 Å². The molecule has 1 aliphatic carbocycles. The van der Waals surface area contributed by atoms with Crippen molar-refractivity contribution in [3.05, 3.63) is 24.0 Å². The van der Waals surface area contributed by atoms with Crippen molar-refractivity contribution in [3.8, 4) is 5.75 Å². The lowest BCUT2D eigenvalue weighted by molar-refractivity contribution is -0.144. The molecule has 1 saturated carbocycles. The van der Waals surface area contributed by atoms with Crippen LogP contribution in [0.5, 0.6) is 5.75 Å². The number of methoxy groups -OCH3 is 1. The van der Waals surface area contributed by atoms with E-state index in [0.717, 1.165) is 18.9 Å². The molecule has 1 aromatic rings. The molecule has 5 nitrogen and oxygen atoms in total. The van der Waals surface area contributed by atoms with Gasteiger partial charge in [0, 0.05) is 19.2 Å². The van der Waals surface area contributed by atoms with Crippen LogP contribution in [0.1, 0.15) is 26.7 Å². The van der Waals surface area contributed by atoms with Crippen LogP contribution >= 0.6 is 0 Å². The van der Waals surface area contributed by atoms with Crippen LogP contribution in [0.15, 0.2) is 18.2 Å². The Morgan fingerprint density at radius 2 is 2.05 bits per heavy atom. The van der Waals surface area contributed by atoms with Gasteiger partial charge in [-0.2, -0.15) is 0 Å². The zero-order chi connectivity index (χ0) is 16.5. The van der Waals surface area contributed by atoms with Crippen molar-refractivity contribution in [2.45, 2.75) is 32.7 Å². The lowest BCUT2D eigenvalue weighted by Gasteiger charge is -2.29. The van der Waals surface area contributed by atoms with Crippen molar-refractivity contribution in [1.82, 2.24) is 4.90 Å². The molecule has 0 unspecified atom stereocenters. The maximum absolute atomic E-state index is 13.3. The van der Waals surface area contributed by atoms with E-state index >= 15 is 0 Å². The second kappa shape index (κ2) is 5.94. The third-order valence-electron chi connectivity index (χ3n) is 4.55. The molecule has 0 saturated heterocycles. The van der Waals surface area contributed by atoms with Crippen LogP contribution < -0.4 is 10.1 Å². The van der Waals surface area contributed by atoms with E-state index in [1.807, 2.05) is 6.92 Å². The quantitative estimate of drug-likeness (QED) is 0.869. The Labute approximate surface area is 129 Å². The second-order valence-electron chi connectivity index (χ2n) is 6.04. The van der Waals surface area contributed by atoms with Crippen molar-refractivity contribution in [3.63, 3.8) is 0 Å². The minimum absolute atomic E-state index is 0.0276. The Balaban J connectivity index is 2.08. The second-order valence-corrected chi connectivity index (χ2v) is 6.04. The van der Waals surface area contributed by atoms with Crippen LogP contribution in [0.2, 0.25) is 0 Å². The zero-order valence-corrected chi connectivity index (χ0v) is 13.3. The Kier molecular flexibility index (Phi) is 4.39. The zero-order valence-electron chi connectivity index (χ0n) is 13.3. The summed E-state index contributed by atoms with van der Waals surface area (Å²) in [6, 6.07) is 3.71. The van der Waals surface area contributed by atoms with Gasteiger partial charge in [-0.05, 0) is 37.3 Å². The van der Waals surface area contributed by atoms with Gasteiger partial charge in [0.1, 0.15) is 11.6 Å². The number of amides is 2. The van der Waals surface area contributed by atoms with Crippen molar-refractivity contribution in [1.29, 1.82) is 0 Å². The number of carbonyl (C=O) groups is 2. The molecule has 2 amide bonds. The van der Waals surface area contributed by atoms with Crippen LogP contribution in [0.3, 0.4) is 0 Å². The van der Waals surface area contributed by atoms with E-state index in [9.17, 15) is 14.0 Å². The molecule has 0 radical (unpaired) electrons. The third kappa shape index (κ3) is 3.21. The van der Waals surface area contributed by atoms with Crippen LogP contribution in [-0.2, 0) is 9.59 Å². The number of benzene rings is 1. The molecule has 22 heavy (non-hydrogen) atoms. The maximum Gasteiger partial charge on any atom is 0.314 e. The topological polar surface area (TPSA) is 58.6 Å². The Morgan fingerprint density at radius 3 is 2.59 bits per heavy atom. The molecular formula is C16H21FN2O3. The van der Waals surface area contributed by atoms with Gasteiger partial charge in [-0.15, -0.1) is 0 Å². The first-order valence-electron chi connectivity index (χ1n) is 7.20. The summed E-state index contributed by atoms with van der Waals surface area (Å²) in [7, 11) is 3.02. The van der Waals surface area contributed by atoms with Gasteiger partial charge in [0.2, 0.25) is 0 Å². The molecule has 1 fully saturated rings. The Morgan fingerprint density at radius 1 is 1.41 bits per heavy atom. The normalized spacial score (nSPS) is 16.6. The van der Waals surface area contributed by atoms with Crippen LogP contribution in [0.4, 0.5) is 10.1 Å².